The number of nitrogens with zero attached hydrogens (tertiary/aromatic N) is 1. The van der Waals surface area contributed by atoms with E-state index in [9.17, 15) is 31.4 Å². The molecule has 0 spiro atoms. The summed E-state index contributed by atoms with van der Waals surface area (Å²) in [4.78, 5) is 1.55. The number of alkyl halides is 6. The van der Waals surface area contributed by atoms with E-state index in [2.05, 4.69) is 4.74 Å². The molecule has 0 fully saturated rings. The Morgan fingerprint density at radius 2 is 1.80 bits per heavy atom. The molecule has 9 heteroatoms. The summed E-state index contributed by atoms with van der Waals surface area (Å²) in [5.41, 5.74) is 2.39. The van der Waals surface area contributed by atoms with E-state index in [0.717, 1.165) is 5.56 Å². The van der Waals surface area contributed by atoms with Gasteiger partial charge in [0.15, 0.2) is 6.10 Å². The van der Waals surface area contributed by atoms with Crippen molar-refractivity contribution in [1.82, 2.24) is 0 Å². The van der Waals surface area contributed by atoms with Crippen molar-refractivity contribution in [3.05, 3.63) is 48.0 Å². The fraction of sp³-hybridized carbons (Fsp3) is 0.429. The van der Waals surface area contributed by atoms with Crippen LogP contribution in [-0.2, 0) is 6.42 Å². The minimum absolute atomic E-state index is 0.176. The highest BCUT2D eigenvalue weighted by Gasteiger charge is 2.41. The molecule has 2 aromatic rings. The fourth-order valence-corrected chi connectivity index (χ4v) is 3.86. The van der Waals surface area contributed by atoms with Crippen molar-refractivity contribution in [3.63, 3.8) is 0 Å². The maximum atomic E-state index is 13.0. The summed E-state index contributed by atoms with van der Waals surface area (Å²) < 4.78 is 80.5. The van der Waals surface area contributed by atoms with Crippen molar-refractivity contribution in [2.24, 2.45) is 0 Å². The summed E-state index contributed by atoms with van der Waals surface area (Å²) in [5, 5.41) is 9.62. The van der Waals surface area contributed by atoms with Gasteiger partial charge in [0.25, 0.3) is 0 Å². The van der Waals surface area contributed by atoms with E-state index in [1.54, 1.807) is 29.2 Å². The van der Waals surface area contributed by atoms with Crippen molar-refractivity contribution in [2.75, 3.05) is 11.4 Å². The molecule has 2 aromatic carbocycles. The molecule has 30 heavy (non-hydrogen) atoms. The molecule has 0 aromatic heterocycles. The lowest BCUT2D eigenvalue weighted by molar-refractivity contribution is -0.274. The molecule has 2 atom stereocenters. The van der Waals surface area contributed by atoms with Crippen molar-refractivity contribution < 1.29 is 36.2 Å². The average Bonchev–Trinajstić information content (AvgIpc) is 2.65. The highest BCUT2D eigenvalue weighted by Crippen LogP contribution is 2.40. The van der Waals surface area contributed by atoms with Crippen LogP contribution in [0.1, 0.15) is 25.3 Å². The number of aliphatic hydroxyl groups excluding tert-OH is 1. The normalized spacial score (nSPS) is 18.1. The van der Waals surface area contributed by atoms with Gasteiger partial charge in [-0.3, -0.25) is 0 Å². The number of ether oxygens (including phenoxy) is 1. The first-order chi connectivity index (χ1) is 14.0. The van der Waals surface area contributed by atoms with Gasteiger partial charge in [0, 0.05) is 11.7 Å². The van der Waals surface area contributed by atoms with Crippen LogP contribution in [0.4, 0.5) is 32.0 Å². The van der Waals surface area contributed by atoms with Crippen LogP contribution in [0.15, 0.2) is 42.5 Å². The Labute approximate surface area is 169 Å². The van der Waals surface area contributed by atoms with Crippen molar-refractivity contribution in [1.29, 1.82) is 0 Å². The van der Waals surface area contributed by atoms with Crippen LogP contribution in [-0.4, -0.2) is 36.3 Å². The molecule has 1 aliphatic heterocycles. The average molecular weight is 433 g/mol. The predicted octanol–water partition coefficient (Wildman–Crippen LogP) is 5.71. The first-order valence-corrected chi connectivity index (χ1v) is 9.49. The molecule has 1 heterocycles. The van der Waals surface area contributed by atoms with Crippen LogP contribution < -0.4 is 9.64 Å². The van der Waals surface area contributed by atoms with Gasteiger partial charge in [-0.05, 0) is 54.2 Å². The lowest BCUT2D eigenvalue weighted by atomic mass is 9.88. The number of halogens is 6. The van der Waals surface area contributed by atoms with E-state index < -0.39 is 25.2 Å². The number of hydrogen-bond donors (Lipinski definition) is 1. The summed E-state index contributed by atoms with van der Waals surface area (Å²) in [7, 11) is 0. The standard InChI is InChI=1S/C21H21F6NO2/c1-2-14-9-10-17-16(13-5-3-6-15(11-13)30-21(25,26)27)7-4-8-18(17)28(14)12-19(29)20(22,23)24/h3-8,11,14,19,29H,2,9-10,12H2,1H3. The fourth-order valence-electron chi connectivity index (χ4n) is 3.86. The highest BCUT2D eigenvalue weighted by molar-refractivity contribution is 5.76. The monoisotopic (exact) mass is 433 g/mol. The lowest BCUT2D eigenvalue weighted by Crippen LogP contribution is -2.47. The van der Waals surface area contributed by atoms with Crippen LogP contribution in [0, 0.1) is 0 Å². The summed E-state index contributed by atoms with van der Waals surface area (Å²) in [5.74, 6) is -0.371. The van der Waals surface area contributed by atoms with Crippen molar-refractivity contribution >= 4 is 5.69 Å². The van der Waals surface area contributed by atoms with E-state index in [4.69, 9.17) is 0 Å². The van der Waals surface area contributed by atoms with Crippen LogP contribution >= 0.6 is 0 Å². The molecule has 3 rings (SSSR count). The van der Waals surface area contributed by atoms with Crippen molar-refractivity contribution in [2.45, 2.75) is 50.9 Å². The third-order valence-corrected chi connectivity index (χ3v) is 5.23. The Kier molecular flexibility index (Phi) is 6.21. The number of rotatable bonds is 5. The number of aliphatic hydroxyl groups is 1. The second-order valence-corrected chi connectivity index (χ2v) is 7.19. The zero-order chi connectivity index (χ0) is 22.1. The minimum Gasteiger partial charge on any atom is -0.406 e. The Balaban J connectivity index is 2.00. The second-order valence-electron chi connectivity index (χ2n) is 7.19. The molecule has 3 nitrogen and oxygen atoms in total. The zero-order valence-electron chi connectivity index (χ0n) is 16.1. The van der Waals surface area contributed by atoms with E-state index >= 15 is 0 Å². The van der Waals surface area contributed by atoms with Gasteiger partial charge in [0.05, 0.1) is 6.54 Å². The third-order valence-electron chi connectivity index (χ3n) is 5.23. The summed E-state index contributed by atoms with van der Waals surface area (Å²) in [6, 6.07) is 10.4. The van der Waals surface area contributed by atoms with Crippen LogP contribution in [0.25, 0.3) is 11.1 Å². The highest BCUT2D eigenvalue weighted by atomic mass is 19.4. The molecular weight excluding hydrogens is 412 g/mol. The van der Waals surface area contributed by atoms with Crippen LogP contribution in [0.3, 0.4) is 0 Å². The van der Waals surface area contributed by atoms with Gasteiger partial charge in [0.2, 0.25) is 0 Å². The number of β-amino-alcohol motifs (C(OH)–C–C–N with tert-alkyl or cyclic N) is 1. The maximum absolute atomic E-state index is 13.0. The van der Waals surface area contributed by atoms with Crippen molar-refractivity contribution in [3.8, 4) is 16.9 Å². The second kappa shape index (κ2) is 8.37. The van der Waals surface area contributed by atoms with Gasteiger partial charge < -0.3 is 14.7 Å². The molecule has 0 aliphatic carbocycles. The third kappa shape index (κ3) is 5.00. The predicted molar refractivity (Wildman–Crippen MR) is 100 cm³/mol. The quantitative estimate of drug-likeness (QED) is 0.614. The first kappa shape index (κ1) is 22.3. The smallest absolute Gasteiger partial charge is 0.406 e. The molecule has 1 aliphatic rings. The van der Waals surface area contributed by atoms with E-state index in [1.807, 2.05) is 6.92 Å². The molecule has 0 amide bonds. The molecule has 0 bridgehead atoms. The Hall–Kier alpha value is -2.42. The number of benzene rings is 2. The maximum Gasteiger partial charge on any atom is 0.573 e. The zero-order valence-corrected chi connectivity index (χ0v) is 16.1. The van der Waals surface area contributed by atoms with Gasteiger partial charge in [-0.1, -0.05) is 31.2 Å². The summed E-state index contributed by atoms with van der Waals surface area (Å²) in [6.07, 6.45) is -10.3. The number of anilines is 1. The molecule has 0 radical (unpaired) electrons. The van der Waals surface area contributed by atoms with Crippen LogP contribution in [0.2, 0.25) is 0 Å². The summed E-state index contributed by atoms with van der Waals surface area (Å²) >= 11 is 0. The number of fused-ring (bicyclic) bond motifs is 1. The van der Waals surface area contributed by atoms with E-state index in [0.29, 0.717) is 36.1 Å². The lowest BCUT2D eigenvalue weighted by Gasteiger charge is -2.40. The topological polar surface area (TPSA) is 32.7 Å². The Bertz CT molecular complexity index is 881. The number of hydrogen-bond acceptors (Lipinski definition) is 3. The summed E-state index contributed by atoms with van der Waals surface area (Å²) in [6.45, 7) is 1.26. The van der Waals surface area contributed by atoms with Gasteiger partial charge >= 0.3 is 12.5 Å². The van der Waals surface area contributed by atoms with Gasteiger partial charge in [0.1, 0.15) is 5.75 Å². The largest absolute Gasteiger partial charge is 0.573 e. The molecule has 1 N–H and O–H groups in total. The Morgan fingerprint density at radius 3 is 2.43 bits per heavy atom. The molecule has 0 saturated carbocycles. The first-order valence-electron chi connectivity index (χ1n) is 9.49. The van der Waals surface area contributed by atoms with E-state index in [-0.39, 0.29) is 11.8 Å². The molecular formula is C21H21F6NO2. The van der Waals surface area contributed by atoms with Gasteiger partial charge in [-0.2, -0.15) is 13.2 Å². The minimum atomic E-state index is -4.83. The van der Waals surface area contributed by atoms with Gasteiger partial charge in [-0.25, -0.2) is 0 Å². The molecule has 2 unspecified atom stereocenters. The Morgan fingerprint density at radius 1 is 1.10 bits per heavy atom. The van der Waals surface area contributed by atoms with E-state index in [1.165, 1.54) is 18.2 Å². The molecule has 0 saturated heterocycles. The van der Waals surface area contributed by atoms with Gasteiger partial charge in [-0.15, -0.1) is 13.2 Å². The van der Waals surface area contributed by atoms with Crippen LogP contribution in [0.5, 0.6) is 5.75 Å². The molecule has 164 valence electrons. The SMILES string of the molecule is CCC1CCc2c(-c3cccc(OC(F)(F)F)c3)cccc2N1CC(O)C(F)(F)F.